The molecule has 0 fully saturated rings. The van der Waals surface area contributed by atoms with E-state index in [1.165, 1.54) is 23.1 Å². The fraction of sp³-hybridized carbons (Fsp3) is 0.571. The van der Waals surface area contributed by atoms with E-state index in [-0.39, 0.29) is 6.04 Å². The molecule has 1 aromatic rings. The molecular weight excluding hydrogens is 198 g/mol. The highest BCUT2D eigenvalue weighted by Crippen LogP contribution is 2.29. The lowest BCUT2D eigenvalue weighted by atomic mass is 9.98. The minimum absolute atomic E-state index is 0.226. The SMILES string of the molecule is Cc1cc(CC(C)N)cc2c1OCCCC2. The maximum absolute atomic E-state index is 5.85. The highest BCUT2D eigenvalue weighted by molar-refractivity contribution is 5.44. The van der Waals surface area contributed by atoms with E-state index in [2.05, 4.69) is 26.0 Å². The number of hydrogen-bond donors (Lipinski definition) is 1. The van der Waals surface area contributed by atoms with Crippen molar-refractivity contribution in [3.63, 3.8) is 0 Å². The molecule has 0 radical (unpaired) electrons. The number of rotatable bonds is 2. The van der Waals surface area contributed by atoms with Gasteiger partial charge in [0.2, 0.25) is 0 Å². The molecule has 0 saturated carbocycles. The predicted octanol–water partition coefficient (Wildman–Crippen LogP) is 2.60. The molecule has 1 unspecified atom stereocenters. The number of hydrogen-bond acceptors (Lipinski definition) is 2. The van der Waals surface area contributed by atoms with Gasteiger partial charge in [0, 0.05) is 6.04 Å². The highest BCUT2D eigenvalue weighted by atomic mass is 16.5. The van der Waals surface area contributed by atoms with Crippen LogP contribution >= 0.6 is 0 Å². The molecule has 1 aliphatic heterocycles. The fourth-order valence-electron chi connectivity index (χ4n) is 2.40. The van der Waals surface area contributed by atoms with Crippen molar-refractivity contribution in [2.45, 2.75) is 45.6 Å². The van der Waals surface area contributed by atoms with E-state index in [0.717, 1.165) is 31.6 Å². The highest BCUT2D eigenvalue weighted by Gasteiger charge is 2.13. The van der Waals surface area contributed by atoms with E-state index in [4.69, 9.17) is 10.5 Å². The first-order chi connectivity index (χ1) is 7.66. The molecule has 1 atom stereocenters. The lowest BCUT2D eigenvalue weighted by Gasteiger charge is -2.14. The second-order valence-electron chi connectivity index (χ2n) is 4.89. The average molecular weight is 219 g/mol. The van der Waals surface area contributed by atoms with Crippen LogP contribution in [-0.2, 0) is 12.8 Å². The Morgan fingerprint density at radius 2 is 2.19 bits per heavy atom. The average Bonchev–Trinajstić information content (AvgIpc) is 2.41. The zero-order chi connectivity index (χ0) is 11.5. The maximum Gasteiger partial charge on any atom is 0.125 e. The molecule has 0 bridgehead atoms. The molecule has 0 saturated heterocycles. The Hall–Kier alpha value is -1.02. The first-order valence-corrected chi connectivity index (χ1v) is 6.17. The Kier molecular flexibility index (Phi) is 3.49. The van der Waals surface area contributed by atoms with Crippen molar-refractivity contribution >= 4 is 0 Å². The molecule has 2 N–H and O–H groups in total. The number of benzene rings is 1. The Morgan fingerprint density at radius 3 is 2.94 bits per heavy atom. The van der Waals surface area contributed by atoms with Crippen molar-refractivity contribution in [2.75, 3.05) is 6.61 Å². The first kappa shape index (κ1) is 11.5. The summed E-state index contributed by atoms with van der Waals surface area (Å²) in [6.07, 6.45) is 4.49. The summed E-state index contributed by atoms with van der Waals surface area (Å²) in [7, 11) is 0. The van der Waals surface area contributed by atoms with Gasteiger partial charge in [0.05, 0.1) is 6.61 Å². The molecule has 1 heterocycles. The van der Waals surface area contributed by atoms with Crippen LogP contribution in [0.15, 0.2) is 12.1 Å². The minimum Gasteiger partial charge on any atom is -0.493 e. The zero-order valence-corrected chi connectivity index (χ0v) is 10.3. The van der Waals surface area contributed by atoms with Crippen LogP contribution in [0.3, 0.4) is 0 Å². The second-order valence-corrected chi connectivity index (χ2v) is 4.89. The molecule has 0 spiro atoms. The van der Waals surface area contributed by atoms with Crippen molar-refractivity contribution in [1.29, 1.82) is 0 Å². The fourth-order valence-corrected chi connectivity index (χ4v) is 2.40. The largest absolute Gasteiger partial charge is 0.493 e. The van der Waals surface area contributed by atoms with Crippen LogP contribution in [0, 0.1) is 6.92 Å². The third kappa shape index (κ3) is 2.56. The van der Waals surface area contributed by atoms with Gasteiger partial charge in [-0.3, -0.25) is 0 Å². The zero-order valence-electron chi connectivity index (χ0n) is 10.3. The van der Waals surface area contributed by atoms with Crippen LogP contribution in [0.2, 0.25) is 0 Å². The maximum atomic E-state index is 5.85. The summed E-state index contributed by atoms with van der Waals surface area (Å²) in [5.74, 6) is 1.12. The normalized spacial score (nSPS) is 17.2. The van der Waals surface area contributed by atoms with Crippen LogP contribution in [0.5, 0.6) is 5.75 Å². The summed E-state index contributed by atoms with van der Waals surface area (Å²) >= 11 is 0. The van der Waals surface area contributed by atoms with E-state index in [0.29, 0.717) is 0 Å². The van der Waals surface area contributed by atoms with Gasteiger partial charge in [-0.25, -0.2) is 0 Å². The van der Waals surface area contributed by atoms with Gasteiger partial charge in [0.1, 0.15) is 5.75 Å². The van der Waals surface area contributed by atoms with Gasteiger partial charge < -0.3 is 10.5 Å². The summed E-state index contributed by atoms with van der Waals surface area (Å²) < 4.78 is 5.81. The molecule has 0 aromatic heterocycles. The lowest BCUT2D eigenvalue weighted by molar-refractivity contribution is 0.315. The quantitative estimate of drug-likeness (QED) is 0.829. The Morgan fingerprint density at radius 1 is 1.38 bits per heavy atom. The van der Waals surface area contributed by atoms with E-state index < -0.39 is 0 Å². The smallest absolute Gasteiger partial charge is 0.125 e. The standard InChI is InChI=1S/C14H21NO/c1-10-7-12(8-11(2)15)9-13-5-3-4-6-16-14(10)13/h7,9,11H,3-6,8,15H2,1-2H3. The molecule has 2 rings (SSSR count). The van der Waals surface area contributed by atoms with E-state index in [1.807, 2.05) is 0 Å². The molecule has 1 aliphatic rings. The summed E-state index contributed by atoms with van der Waals surface area (Å²) in [4.78, 5) is 0. The molecule has 2 nitrogen and oxygen atoms in total. The number of nitrogens with two attached hydrogens (primary N) is 1. The van der Waals surface area contributed by atoms with Gasteiger partial charge in [0.25, 0.3) is 0 Å². The summed E-state index contributed by atoms with van der Waals surface area (Å²) in [6.45, 7) is 5.05. The van der Waals surface area contributed by atoms with E-state index in [1.54, 1.807) is 0 Å². The molecule has 1 aromatic carbocycles. The molecule has 88 valence electrons. The summed E-state index contributed by atoms with van der Waals surface area (Å²) in [5, 5.41) is 0. The van der Waals surface area contributed by atoms with Gasteiger partial charge in [-0.05, 0) is 56.2 Å². The summed E-state index contributed by atoms with van der Waals surface area (Å²) in [5.41, 5.74) is 9.82. The van der Waals surface area contributed by atoms with Crippen molar-refractivity contribution in [3.05, 3.63) is 28.8 Å². The monoisotopic (exact) mass is 219 g/mol. The molecule has 2 heteroatoms. The molecule has 0 amide bonds. The van der Waals surface area contributed by atoms with Gasteiger partial charge in [-0.1, -0.05) is 12.1 Å². The molecular formula is C14H21NO. The van der Waals surface area contributed by atoms with Gasteiger partial charge in [-0.15, -0.1) is 0 Å². The third-order valence-electron chi connectivity index (χ3n) is 3.06. The molecule has 0 aliphatic carbocycles. The first-order valence-electron chi connectivity index (χ1n) is 6.17. The van der Waals surface area contributed by atoms with E-state index >= 15 is 0 Å². The lowest BCUT2D eigenvalue weighted by Crippen LogP contribution is -2.18. The number of ether oxygens (including phenoxy) is 1. The van der Waals surface area contributed by atoms with Crippen molar-refractivity contribution in [1.82, 2.24) is 0 Å². The van der Waals surface area contributed by atoms with Crippen LogP contribution in [-0.4, -0.2) is 12.6 Å². The van der Waals surface area contributed by atoms with Crippen molar-refractivity contribution in [2.24, 2.45) is 5.73 Å². The third-order valence-corrected chi connectivity index (χ3v) is 3.06. The predicted molar refractivity (Wildman–Crippen MR) is 67.0 cm³/mol. The number of fused-ring (bicyclic) bond motifs is 1. The Labute approximate surface area is 97.8 Å². The van der Waals surface area contributed by atoms with Crippen molar-refractivity contribution in [3.8, 4) is 5.75 Å². The Balaban J connectivity index is 2.32. The second kappa shape index (κ2) is 4.88. The van der Waals surface area contributed by atoms with Crippen LogP contribution < -0.4 is 10.5 Å². The van der Waals surface area contributed by atoms with Gasteiger partial charge in [-0.2, -0.15) is 0 Å². The summed E-state index contributed by atoms with van der Waals surface area (Å²) in [6, 6.07) is 4.72. The van der Waals surface area contributed by atoms with Crippen LogP contribution in [0.1, 0.15) is 36.5 Å². The topological polar surface area (TPSA) is 35.2 Å². The van der Waals surface area contributed by atoms with Crippen molar-refractivity contribution < 1.29 is 4.74 Å². The van der Waals surface area contributed by atoms with E-state index in [9.17, 15) is 0 Å². The van der Waals surface area contributed by atoms with Gasteiger partial charge in [0.15, 0.2) is 0 Å². The number of aryl methyl sites for hydroxylation is 2. The van der Waals surface area contributed by atoms with Crippen LogP contribution in [0.25, 0.3) is 0 Å². The molecule has 16 heavy (non-hydrogen) atoms. The van der Waals surface area contributed by atoms with Crippen LogP contribution in [0.4, 0.5) is 0 Å². The minimum atomic E-state index is 0.226. The van der Waals surface area contributed by atoms with Gasteiger partial charge >= 0.3 is 0 Å². The Bertz CT molecular complexity index is 371.